The molecule has 1 aromatic carbocycles. The fraction of sp³-hybridized carbons (Fsp3) is 0.375. The number of rotatable bonds is 5. The number of nitrogens with zero attached hydrogens (tertiary/aromatic N) is 2. The zero-order valence-electron chi connectivity index (χ0n) is 12.2. The average Bonchev–Trinajstić information content (AvgIpc) is 3.01. The monoisotopic (exact) mass is 284 g/mol. The maximum absolute atomic E-state index is 5.40. The van der Waals surface area contributed by atoms with E-state index in [4.69, 9.17) is 4.74 Å². The van der Waals surface area contributed by atoms with Gasteiger partial charge in [-0.25, -0.2) is 9.97 Å². The molecule has 0 bridgehead atoms. The molecule has 2 aromatic rings. The molecular formula is C16H20N4O. The quantitative estimate of drug-likeness (QED) is 0.884. The van der Waals surface area contributed by atoms with E-state index in [0.717, 1.165) is 49.2 Å². The number of hydrogen-bond acceptors (Lipinski definition) is 5. The van der Waals surface area contributed by atoms with Gasteiger partial charge < -0.3 is 15.4 Å². The first-order chi connectivity index (χ1) is 10.3. The molecule has 21 heavy (non-hydrogen) atoms. The lowest BCUT2D eigenvalue weighted by molar-refractivity contribution is 0.195. The summed E-state index contributed by atoms with van der Waals surface area (Å²) in [6.45, 7) is 4.44. The second-order valence-corrected chi connectivity index (χ2v) is 5.06. The maximum atomic E-state index is 5.40. The predicted molar refractivity (Wildman–Crippen MR) is 84.5 cm³/mol. The van der Waals surface area contributed by atoms with E-state index < -0.39 is 0 Å². The Labute approximate surface area is 124 Å². The highest BCUT2D eigenvalue weighted by Gasteiger charge is 2.16. The molecule has 5 heteroatoms. The molecule has 1 unspecified atom stereocenters. The van der Waals surface area contributed by atoms with E-state index in [9.17, 15) is 0 Å². The van der Waals surface area contributed by atoms with E-state index in [0.29, 0.717) is 6.04 Å². The molecule has 1 aliphatic rings. The molecule has 0 spiro atoms. The highest BCUT2D eigenvalue weighted by Crippen LogP contribution is 2.21. The van der Waals surface area contributed by atoms with Crippen LogP contribution in [0.4, 0.5) is 11.6 Å². The molecule has 2 heterocycles. The summed E-state index contributed by atoms with van der Waals surface area (Å²) in [6.07, 6.45) is 1.02. The summed E-state index contributed by atoms with van der Waals surface area (Å²) in [6, 6.07) is 12.3. The smallest absolute Gasteiger partial charge is 0.163 e. The van der Waals surface area contributed by atoms with E-state index >= 15 is 0 Å². The van der Waals surface area contributed by atoms with E-state index in [1.165, 1.54) is 0 Å². The fourth-order valence-electron chi connectivity index (χ4n) is 2.37. The van der Waals surface area contributed by atoms with Crippen molar-refractivity contribution in [1.29, 1.82) is 0 Å². The van der Waals surface area contributed by atoms with Crippen molar-refractivity contribution in [1.82, 2.24) is 9.97 Å². The maximum Gasteiger partial charge on any atom is 0.163 e. The Morgan fingerprint density at radius 1 is 1.19 bits per heavy atom. The minimum absolute atomic E-state index is 0.331. The van der Waals surface area contributed by atoms with Crippen molar-refractivity contribution < 1.29 is 4.74 Å². The van der Waals surface area contributed by atoms with E-state index in [1.807, 2.05) is 36.4 Å². The van der Waals surface area contributed by atoms with E-state index in [2.05, 4.69) is 27.5 Å². The average molecular weight is 284 g/mol. The van der Waals surface area contributed by atoms with Gasteiger partial charge in [-0.15, -0.1) is 0 Å². The van der Waals surface area contributed by atoms with Crippen LogP contribution in [0.15, 0.2) is 36.4 Å². The first-order valence-corrected chi connectivity index (χ1v) is 7.38. The van der Waals surface area contributed by atoms with Crippen LogP contribution >= 0.6 is 0 Å². The zero-order chi connectivity index (χ0) is 14.5. The Balaban J connectivity index is 1.89. The Morgan fingerprint density at radius 2 is 2.00 bits per heavy atom. The minimum Gasteiger partial charge on any atom is -0.379 e. The summed E-state index contributed by atoms with van der Waals surface area (Å²) in [7, 11) is 0. The molecule has 0 aliphatic carbocycles. The van der Waals surface area contributed by atoms with Gasteiger partial charge in [-0.05, 0) is 13.3 Å². The highest BCUT2D eigenvalue weighted by molar-refractivity contribution is 5.61. The van der Waals surface area contributed by atoms with Gasteiger partial charge in [0.1, 0.15) is 11.6 Å². The van der Waals surface area contributed by atoms with Gasteiger partial charge >= 0.3 is 0 Å². The van der Waals surface area contributed by atoms with Crippen LogP contribution in [0.1, 0.15) is 13.3 Å². The molecule has 0 radical (unpaired) electrons. The van der Waals surface area contributed by atoms with Crippen LogP contribution in [0.25, 0.3) is 11.4 Å². The normalized spacial score (nSPS) is 17.7. The zero-order valence-corrected chi connectivity index (χ0v) is 12.2. The van der Waals surface area contributed by atoms with Crippen molar-refractivity contribution in [2.45, 2.75) is 19.4 Å². The first kappa shape index (κ1) is 13.8. The molecule has 1 atom stereocenters. The van der Waals surface area contributed by atoms with Crippen molar-refractivity contribution in [2.24, 2.45) is 0 Å². The fourth-order valence-corrected chi connectivity index (χ4v) is 2.37. The highest BCUT2D eigenvalue weighted by atomic mass is 16.5. The number of ether oxygens (including phenoxy) is 1. The van der Waals surface area contributed by atoms with Gasteiger partial charge in [-0.2, -0.15) is 0 Å². The van der Waals surface area contributed by atoms with Crippen LogP contribution < -0.4 is 10.6 Å². The molecule has 0 saturated carbocycles. The summed E-state index contributed by atoms with van der Waals surface area (Å²) in [5.74, 6) is 2.42. The van der Waals surface area contributed by atoms with E-state index in [-0.39, 0.29) is 0 Å². The summed E-state index contributed by atoms with van der Waals surface area (Å²) in [5, 5.41) is 6.69. The minimum atomic E-state index is 0.331. The molecule has 1 fully saturated rings. The van der Waals surface area contributed by atoms with E-state index in [1.54, 1.807) is 0 Å². The second-order valence-electron chi connectivity index (χ2n) is 5.06. The number of aromatic nitrogens is 2. The number of nitrogens with one attached hydrogen (secondary N) is 2. The Hall–Kier alpha value is -2.14. The van der Waals surface area contributed by atoms with Crippen molar-refractivity contribution in [2.75, 3.05) is 30.4 Å². The molecule has 0 amide bonds. The van der Waals surface area contributed by atoms with Gasteiger partial charge in [0.05, 0.1) is 12.6 Å². The standard InChI is InChI=1S/C16H20N4O/c1-2-17-14-10-15(18-13-8-9-21-11-13)20-16(19-14)12-6-4-3-5-7-12/h3-7,10,13H,2,8-9,11H2,1H3,(H2,17,18,19,20). The molecule has 2 N–H and O–H groups in total. The summed E-state index contributed by atoms with van der Waals surface area (Å²) in [4.78, 5) is 9.21. The summed E-state index contributed by atoms with van der Waals surface area (Å²) in [5.41, 5.74) is 1.02. The van der Waals surface area contributed by atoms with Crippen LogP contribution in [-0.4, -0.2) is 35.8 Å². The number of hydrogen-bond donors (Lipinski definition) is 2. The van der Waals surface area contributed by atoms with Crippen molar-refractivity contribution in [3.05, 3.63) is 36.4 Å². The van der Waals surface area contributed by atoms with Crippen LogP contribution in [0.5, 0.6) is 0 Å². The molecule has 1 aromatic heterocycles. The first-order valence-electron chi connectivity index (χ1n) is 7.38. The molecular weight excluding hydrogens is 264 g/mol. The van der Waals surface area contributed by atoms with Gasteiger partial charge in [-0.1, -0.05) is 30.3 Å². The van der Waals surface area contributed by atoms with Gasteiger partial charge in [0.2, 0.25) is 0 Å². The topological polar surface area (TPSA) is 59.1 Å². The summed E-state index contributed by atoms with van der Waals surface area (Å²) < 4.78 is 5.40. The second kappa shape index (κ2) is 6.54. The number of anilines is 2. The number of benzene rings is 1. The summed E-state index contributed by atoms with van der Waals surface area (Å²) >= 11 is 0. The Morgan fingerprint density at radius 3 is 2.71 bits per heavy atom. The van der Waals surface area contributed by atoms with Gasteiger partial charge in [0.15, 0.2) is 5.82 Å². The third-order valence-corrected chi connectivity index (χ3v) is 3.40. The molecule has 1 aliphatic heterocycles. The Bertz CT molecular complexity index is 582. The van der Waals surface area contributed by atoms with Crippen molar-refractivity contribution in [3.63, 3.8) is 0 Å². The van der Waals surface area contributed by atoms with Gasteiger partial charge in [0, 0.05) is 24.8 Å². The van der Waals surface area contributed by atoms with Crippen molar-refractivity contribution in [3.8, 4) is 11.4 Å². The lowest BCUT2D eigenvalue weighted by Crippen LogP contribution is -2.20. The van der Waals surface area contributed by atoms with Crippen LogP contribution in [-0.2, 0) is 4.74 Å². The molecule has 5 nitrogen and oxygen atoms in total. The largest absolute Gasteiger partial charge is 0.379 e. The lowest BCUT2D eigenvalue weighted by atomic mass is 10.2. The molecule has 1 saturated heterocycles. The van der Waals surface area contributed by atoms with Gasteiger partial charge in [-0.3, -0.25) is 0 Å². The lowest BCUT2D eigenvalue weighted by Gasteiger charge is -2.14. The SMILES string of the molecule is CCNc1cc(NC2CCOC2)nc(-c2ccccc2)n1. The van der Waals surface area contributed by atoms with Crippen molar-refractivity contribution >= 4 is 11.6 Å². The predicted octanol–water partition coefficient (Wildman–Crippen LogP) is 2.78. The third-order valence-electron chi connectivity index (χ3n) is 3.40. The molecule has 110 valence electrons. The van der Waals surface area contributed by atoms with Gasteiger partial charge in [0.25, 0.3) is 0 Å². The Kier molecular flexibility index (Phi) is 4.31. The van der Waals surface area contributed by atoms with Crippen LogP contribution in [0.2, 0.25) is 0 Å². The molecule has 3 rings (SSSR count). The van der Waals surface area contributed by atoms with Crippen LogP contribution in [0.3, 0.4) is 0 Å². The van der Waals surface area contributed by atoms with Crippen LogP contribution in [0, 0.1) is 0 Å². The third kappa shape index (κ3) is 3.49.